The van der Waals surface area contributed by atoms with Gasteiger partial charge < -0.3 is 15.7 Å². The molecule has 0 aromatic heterocycles. The van der Waals surface area contributed by atoms with E-state index in [2.05, 4.69) is 16.0 Å². The molecule has 4 N–H and O–H groups in total. The van der Waals surface area contributed by atoms with Crippen molar-refractivity contribution in [2.45, 2.75) is 31.8 Å². The van der Waals surface area contributed by atoms with E-state index in [0.717, 1.165) is 24.5 Å². The maximum atomic E-state index is 10.9. The zero-order chi connectivity index (χ0) is 10.1. The molecular weight excluding hydrogens is 182 g/mol. The monoisotopic (exact) mass is 197 g/mol. The Kier molecular flexibility index (Phi) is 2.33. The summed E-state index contributed by atoms with van der Waals surface area (Å²) in [5.41, 5.74) is 2.20. The Morgan fingerprint density at radius 3 is 3.00 bits per heavy atom. The Hall–Kier alpha value is -1.23. The highest BCUT2D eigenvalue weighted by Crippen LogP contribution is 2.21. The van der Waals surface area contributed by atoms with Crippen LogP contribution in [0.2, 0.25) is 0 Å². The summed E-state index contributed by atoms with van der Waals surface area (Å²) in [5.74, 6) is -0.774. The van der Waals surface area contributed by atoms with Crippen LogP contribution in [0.15, 0.2) is 11.4 Å². The predicted molar refractivity (Wildman–Crippen MR) is 51.4 cm³/mol. The standard InChI is InChI=1S/C9H15N3O2/c1-2-5-8-6(10-4-11-8)3-7(12-5)9(13)14/h5,7,10-12H,2-4H2,1H3,(H,13,14)/t5-,7-/m0/s1. The van der Waals surface area contributed by atoms with Crippen LogP contribution in [0, 0.1) is 0 Å². The molecule has 2 heterocycles. The molecule has 2 aliphatic heterocycles. The Balaban J connectivity index is 2.19. The lowest BCUT2D eigenvalue weighted by Gasteiger charge is -2.29. The van der Waals surface area contributed by atoms with Crippen molar-refractivity contribution in [3.63, 3.8) is 0 Å². The largest absolute Gasteiger partial charge is 0.480 e. The minimum absolute atomic E-state index is 0.148. The summed E-state index contributed by atoms with van der Waals surface area (Å²) in [6, 6.07) is -0.305. The number of nitrogens with one attached hydrogen (secondary N) is 3. The van der Waals surface area contributed by atoms with Crippen LogP contribution in [0.3, 0.4) is 0 Å². The molecule has 0 radical (unpaired) electrons. The van der Waals surface area contributed by atoms with Gasteiger partial charge in [0.05, 0.1) is 6.67 Å². The number of rotatable bonds is 2. The van der Waals surface area contributed by atoms with Crippen molar-refractivity contribution in [1.29, 1.82) is 0 Å². The third-order valence-corrected chi connectivity index (χ3v) is 2.77. The van der Waals surface area contributed by atoms with Crippen LogP contribution in [-0.2, 0) is 4.79 Å². The molecule has 0 aromatic carbocycles. The molecule has 0 bridgehead atoms. The first-order valence-electron chi connectivity index (χ1n) is 4.92. The fourth-order valence-electron chi connectivity index (χ4n) is 2.03. The fourth-order valence-corrected chi connectivity index (χ4v) is 2.03. The first-order chi connectivity index (χ1) is 6.72. The molecule has 78 valence electrons. The maximum Gasteiger partial charge on any atom is 0.321 e. The van der Waals surface area contributed by atoms with Crippen LogP contribution >= 0.6 is 0 Å². The quantitative estimate of drug-likeness (QED) is 0.483. The third-order valence-electron chi connectivity index (χ3n) is 2.77. The fraction of sp³-hybridized carbons (Fsp3) is 0.667. The van der Waals surface area contributed by atoms with E-state index in [1.54, 1.807) is 0 Å². The van der Waals surface area contributed by atoms with E-state index < -0.39 is 12.0 Å². The zero-order valence-electron chi connectivity index (χ0n) is 8.13. The molecule has 5 nitrogen and oxygen atoms in total. The molecule has 2 aliphatic rings. The molecule has 0 amide bonds. The van der Waals surface area contributed by atoms with Gasteiger partial charge in [0.25, 0.3) is 0 Å². The van der Waals surface area contributed by atoms with Gasteiger partial charge in [-0.2, -0.15) is 0 Å². The number of hydrogen-bond acceptors (Lipinski definition) is 4. The van der Waals surface area contributed by atoms with E-state index in [0.29, 0.717) is 6.42 Å². The molecule has 14 heavy (non-hydrogen) atoms. The van der Waals surface area contributed by atoms with Gasteiger partial charge in [0.2, 0.25) is 0 Å². The normalized spacial score (nSPS) is 30.6. The summed E-state index contributed by atoms with van der Waals surface area (Å²) >= 11 is 0. The molecular formula is C9H15N3O2. The van der Waals surface area contributed by atoms with E-state index in [1.807, 2.05) is 6.92 Å². The molecule has 0 saturated carbocycles. The van der Waals surface area contributed by atoms with Crippen molar-refractivity contribution in [3.05, 3.63) is 11.4 Å². The van der Waals surface area contributed by atoms with Crippen molar-refractivity contribution in [2.75, 3.05) is 6.67 Å². The Bertz CT molecular complexity index is 288. The average Bonchev–Trinajstić information content (AvgIpc) is 2.63. The highest BCUT2D eigenvalue weighted by Gasteiger charge is 2.33. The molecule has 0 saturated heterocycles. The number of carbonyl (C=O) groups is 1. The first kappa shape index (κ1) is 9.33. The molecule has 0 fully saturated rings. The number of carboxylic acids is 1. The Morgan fingerprint density at radius 2 is 2.36 bits per heavy atom. The van der Waals surface area contributed by atoms with Crippen LogP contribution in [0.1, 0.15) is 19.8 Å². The molecule has 2 atom stereocenters. The van der Waals surface area contributed by atoms with E-state index in [9.17, 15) is 4.79 Å². The number of carboxylic acid groups (broad SMARTS) is 1. The predicted octanol–water partition coefficient (Wildman–Crippen LogP) is -0.427. The highest BCUT2D eigenvalue weighted by atomic mass is 16.4. The second-order valence-corrected chi connectivity index (χ2v) is 3.65. The first-order valence-corrected chi connectivity index (χ1v) is 4.92. The summed E-state index contributed by atoms with van der Waals surface area (Å²) in [6.45, 7) is 2.77. The molecule has 0 spiro atoms. The summed E-state index contributed by atoms with van der Waals surface area (Å²) in [7, 11) is 0. The lowest BCUT2D eigenvalue weighted by molar-refractivity contribution is -0.139. The molecule has 0 unspecified atom stereocenters. The van der Waals surface area contributed by atoms with Gasteiger partial charge in [-0.1, -0.05) is 6.92 Å². The Labute approximate surface area is 82.6 Å². The highest BCUT2D eigenvalue weighted by molar-refractivity contribution is 5.74. The van der Waals surface area contributed by atoms with E-state index in [1.165, 1.54) is 0 Å². The molecule has 0 aliphatic carbocycles. The third kappa shape index (κ3) is 1.43. The molecule has 5 heteroatoms. The smallest absolute Gasteiger partial charge is 0.321 e. The van der Waals surface area contributed by atoms with Crippen LogP contribution in [0.5, 0.6) is 0 Å². The van der Waals surface area contributed by atoms with Crippen LogP contribution in [0.25, 0.3) is 0 Å². The van der Waals surface area contributed by atoms with E-state index in [4.69, 9.17) is 5.11 Å². The van der Waals surface area contributed by atoms with Gasteiger partial charge in [0, 0.05) is 23.9 Å². The van der Waals surface area contributed by atoms with Crippen LogP contribution < -0.4 is 16.0 Å². The zero-order valence-corrected chi connectivity index (χ0v) is 8.13. The van der Waals surface area contributed by atoms with Gasteiger partial charge in [-0.15, -0.1) is 0 Å². The van der Waals surface area contributed by atoms with Crippen molar-refractivity contribution in [1.82, 2.24) is 16.0 Å². The maximum absolute atomic E-state index is 10.9. The lowest BCUT2D eigenvalue weighted by Crippen LogP contribution is -2.49. The minimum atomic E-state index is -0.774. The molecule has 2 rings (SSSR count). The van der Waals surface area contributed by atoms with E-state index in [-0.39, 0.29) is 6.04 Å². The average molecular weight is 197 g/mol. The summed E-state index contributed by atoms with van der Waals surface area (Å²) < 4.78 is 0. The van der Waals surface area contributed by atoms with Crippen LogP contribution in [0.4, 0.5) is 0 Å². The molecule has 0 aromatic rings. The minimum Gasteiger partial charge on any atom is -0.480 e. The SMILES string of the molecule is CC[C@@H]1N[C@H](C(=O)O)CC2=C1NCN2. The summed E-state index contributed by atoms with van der Waals surface area (Å²) in [4.78, 5) is 10.9. The van der Waals surface area contributed by atoms with Gasteiger partial charge in [-0.3, -0.25) is 10.1 Å². The topological polar surface area (TPSA) is 73.4 Å². The second kappa shape index (κ2) is 3.49. The lowest BCUT2D eigenvalue weighted by atomic mass is 9.98. The van der Waals surface area contributed by atoms with Crippen molar-refractivity contribution in [2.24, 2.45) is 0 Å². The van der Waals surface area contributed by atoms with Crippen LogP contribution in [-0.4, -0.2) is 29.8 Å². The van der Waals surface area contributed by atoms with Gasteiger partial charge in [-0.05, 0) is 6.42 Å². The van der Waals surface area contributed by atoms with Gasteiger partial charge in [-0.25, -0.2) is 0 Å². The van der Waals surface area contributed by atoms with E-state index >= 15 is 0 Å². The second-order valence-electron chi connectivity index (χ2n) is 3.65. The van der Waals surface area contributed by atoms with Crippen molar-refractivity contribution in [3.8, 4) is 0 Å². The Morgan fingerprint density at radius 1 is 1.57 bits per heavy atom. The van der Waals surface area contributed by atoms with Gasteiger partial charge >= 0.3 is 5.97 Å². The van der Waals surface area contributed by atoms with Gasteiger partial charge in [0.15, 0.2) is 0 Å². The van der Waals surface area contributed by atoms with Gasteiger partial charge in [0.1, 0.15) is 6.04 Å². The number of hydrogen-bond donors (Lipinski definition) is 4. The summed E-state index contributed by atoms with van der Waals surface area (Å²) in [6.07, 6.45) is 1.45. The summed E-state index contributed by atoms with van der Waals surface area (Å²) in [5, 5.41) is 18.5. The van der Waals surface area contributed by atoms with Crippen molar-refractivity contribution >= 4 is 5.97 Å². The number of aliphatic carboxylic acids is 1. The van der Waals surface area contributed by atoms with Crippen molar-refractivity contribution < 1.29 is 9.90 Å².